The third-order valence-electron chi connectivity index (χ3n) is 5.84. The minimum Gasteiger partial charge on any atom is -0.452 e. The molecule has 6 nitrogen and oxygen atoms in total. The van der Waals surface area contributed by atoms with Crippen molar-refractivity contribution in [2.75, 3.05) is 32.8 Å². The largest absolute Gasteiger partial charge is 0.452 e. The number of benzene rings is 2. The van der Waals surface area contributed by atoms with Crippen molar-refractivity contribution in [2.24, 2.45) is 0 Å². The number of fused-ring (bicyclic) bond motifs is 1. The highest BCUT2D eigenvalue weighted by Crippen LogP contribution is 2.21. The first-order chi connectivity index (χ1) is 15.6. The summed E-state index contributed by atoms with van der Waals surface area (Å²) in [4.78, 5) is 33.1. The number of carbonyl (C=O) groups is 2. The molecule has 164 valence electrons. The molecule has 0 saturated carbocycles. The van der Waals surface area contributed by atoms with Crippen LogP contribution in [0.15, 0.2) is 72.8 Å². The van der Waals surface area contributed by atoms with E-state index in [1.54, 1.807) is 11.0 Å². The van der Waals surface area contributed by atoms with E-state index < -0.39 is 5.97 Å². The van der Waals surface area contributed by atoms with Crippen molar-refractivity contribution < 1.29 is 14.3 Å². The second-order valence-electron chi connectivity index (χ2n) is 7.87. The first kappa shape index (κ1) is 21.7. The molecule has 1 fully saturated rings. The van der Waals surface area contributed by atoms with Gasteiger partial charge in [-0.15, -0.1) is 0 Å². The van der Waals surface area contributed by atoms with Crippen molar-refractivity contribution in [2.45, 2.75) is 13.0 Å². The molecule has 0 N–H and O–H groups in total. The number of pyridine rings is 1. The van der Waals surface area contributed by atoms with Crippen molar-refractivity contribution in [1.82, 2.24) is 14.8 Å². The van der Waals surface area contributed by atoms with E-state index in [0.29, 0.717) is 24.8 Å². The van der Waals surface area contributed by atoms with Gasteiger partial charge in [0, 0.05) is 43.7 Å². The third-order valence-corrected chi connectivity index (χ3v) is 5.84. The molecule has 32 heavy (non-hydrogen) atoms. The number of para-hydroxylation sites is 1. The molecule has 4 rings (SSSR count). The number of piperazine rings is 1. The van der Waals surface area contributed by atoms with E-state index in [2.05, 4.69) is 28.9 Å². The Bertz CT molecular complexity index is 1110. The van der Waals surface area contributed by atoms with Crippen LogP contribution in [0.25, 0.3) is 17.0 Å². The van der Waals surface area contributed by atoms with Crippen LogP contribution in [0.2, 0.25) is 0 Å². The van der Waals surface area contributed by atoms with E-state index in [0.717, 1.165) is 24.0 Å². The van der Waals surface area contributed by atoms with E-state index in [4.69, 9.17) is 4.74 Å². The van der Waals surface area contributed by atoms with E-state index in [-0.39, 0.29) is 12.5 Å². The molecule has 1 amide bonds. The second-order valence-corrected chi connectivity index (χ2v) is 7.87. The van der Waals surface area contributed by atoms with Crippen molar-refractivity contribution >= 4 is 28.9 Å². The van der Waals surface area contributed by atoms with Gasteiger partial charge < -0.3 is 9.64 Å². The van der Waals surface area contributed by atoms with Crippen LogP contribution in [0.3, 0.4) is 0 Å². The summed E-state index contributed by atoms with van der Waals surface area (Å²) in [7, 11) is 0. The zero-order valence-corrected chi connectivity index (χ0v) is 18.2. The highest BCUT2D eigenvalue weighted by molar-refractivity contribution is 5.89. The SMILES string of the molecule is CC(c1ccccc1)N1CCN(C(=O)COC(=O)/C=C/c2ccc3ccccc3n2)CC1. The van der Waals surface area contributed by atoms with Crippen LogP contribution in [0.1, 0.15) is 24.2 Å². The molecule has 1 aromatic heterocycles. The van der Waals surface area contributed by atoms with Crippen LogP contribution < -0.4 is 0 Å². The molecule has 0 radical (unpaired) electrons. The first-order valence-corrected chi connectivity index (χ1v) is 10.9. The Hall–Kier alpha value is -3.51. The van der Waals surface area contributed by atoms with Crippen LogP contribution in [0.5, 0.6) is 0 Å². The summed E-state index contributed by atoms with van der Waals surface area (Å²) in [5.41, 5.74) is 2.79. The van der Waals surface area contributed by atoms with Crippen LogP contribution in [0.4, 0.5) is 0 Å². The number of nitrogens with zero attached hydrogens (tertiary/aromatic N) is 3. The fraction of sp³-hybridized carbons (Fsp3) is 0.269. The molecule has 1 aliphatic rings. The maximum Gasteiger partial charge on any atom is 0.331 e. The maximum absolute atomic E-state index is 12.5. The Balaban J connectivity index is 1.23. The number of hydrogen-bond donors (Lipinski definition) is 0. The predicted octanol–water partition coefficient (Wildman–Crippen LogP) is 3.70. The molecular weight excluding hydrogens is 402 g/mol. The topological polar surface area (TPSA) is 62.7 Å². The lowest BCUT2D eigenvalue weighted by molar-refractivity contribution is -0.149. The van der Waals surface area contributed by atoms with Crippen LogP contribution >= 0.6 is 0 Å². The lowest BCUT2D eigenvalue weighted by atomic mass is 10.1. The lowest BCUT2D eigenvalue weighted by Crippen LogP contribution is -2.50. The minimum absolute atomic E-state index is 0.164. The van der Waals surface area contributed by atoms with Gasteiger partial charge in [-0.1, -0.05) is 54.6 Å². The van der Waals surface area contributed by atoms with Crippen molar-refractivity contribution in [3.63, 3.8) is 0 Å². The molecular formula is C26H27N3O3. The number of amides is 1. The fourth-order valence-electron chi connectivity index (χ4n) is 3.90. The van der Waals surface area contributed by atoms with Crippen LogP contribution in [-0.2, 0) is 14.3 Å². The van der Waals surface area contributed by atoms with Crippen LogP contribution in [0, 0.1) is 0 Å². The van der Waals surface area contributed by atoms with Gasteiger partial charge in [-0.05, 0) is 30.7 Å². The smallest absolute Gasteiger partial charge is 0.331 e. The Morgan fingerprint density at radius 1 is 0.969 bits per heavy atom. The quantitative estimate of drug-likeness (QED) is 0.442. The van der Waals surface area contributed by atoms with Gasteiger partial charge in [0.05, 0.1) is 11.2 Å². The summed E-state index contributed by atoms with van der Waals surface area (Å²) < 4.78 is 5.15. The van der Waals surface area contributed by atoms with Gasteiger partial charge in [0.2, 0.25) is 0 Å². The Labute approximate surface area is 188 Å². The van der Waals surface area contributed by atoms with Crippen molar-refractivity contribution in [3.8, 4) is 0 Å². The summed E-state index contributed by atoms with van der Waals surface area (Å²) in [5, 5.41) is 1.04. The van der Waals surface area contributed by atoms with Gasteiger partial charge in [0.1, 0.15) is 0 Å². The molecule has 3 aromatic rings. The second kappa shape index (κ2) is 10.2. The standard InChI is InChI=1S/C26H27N3O3/c1-20(21-7-3-2-4-8-21)28-15-17-29(18-16-28)25(30)19-32-26(31)14-13-23-12-11-22-9-5-6-10-24(22)27-23/h2-14,20H,15-19H2,1H3/b14-13+. The van der Waals surface area contributed by atoms with Crippen molar-refractivity contribution in [1.29, 1.82) is 0 Å². The normalized spacial score (nSPS) is 15.7. The van der Waals surface area contributed by atoms with Gasteiger partial charge in [-0.3, -0.25) is 9.69 Å². The van der Waals surface area contributed by atoms with E-state index in [9.17, 15) is 9.59 Å². The number of ether oxygens (including phenoxy) is 1. The number of rotatable bonds is 6. The highest BCUT2D eigenvalue weighted by atomic mass is 16.5. The van der Waals surface area contributed by atoms with E-state index >= 15 is 0 Å². The fourth-order valence-corrected chi connectivity index (χ4v) is 3.90. The van der Waals surface area contributed by atoms with E-state index in [1.807, 2.05) is 54.6 Å². The molecule has 2 aromatic carbocycles. The van der Waals surface area contributed by atoms with Crippen molar-refractivity contribution in [3.05, 3.63) is 84.1 Å². The average molecular weight is 430 g/mol. The predicted molar refractivity (Wildman–Crippen MR) is 125 cm³/mol. The minimum atomic E-state index is -0.551. The molecule has 1 atom stereocenters. The van der Waals surface area contributed by atoms with Gasteiger partial charge >= 0.3 is 5.97 Å². The average Bonchev–Trinajstić information content (AvgIpc) is 2.86. The molecule has 0 bridgehead atoms. The monoisotopic (exact) mass is 429 g/mol. The number of carbonyl (C=O) groups excluding carboxylic acids is 2. The summed E-state index contributed by atoms with van der Waals surface area (Å²) in [6.45, 7) is 4.79. The third kappa shape index (κ3) is 5.39. The zero-order valence-electron chi connectivity index (χ0n) is 18.2. The number of aromatic nitrogens is 1. The molecule has 1 unspecified atom stereocenters. The Morgan fingerprint density at radius 2 is 1.69 bits per heavy atom. The maximum atomic E-state index is 12.5. The molecule has 0 aliphatic carbocycles. The summed E-state index contributed by atoms with van der Waals surface area (Å²) >= 11 is 0. The molecule has 2 heterocycles. The summed E-state index contributed by atoms with van der Waals surface area (Å²) in [6.07, 6.45) is 2.91. The first-order valence-electron chi connectivity index (χ1n) is 10.9. The molecule has 1 aliphatic heterocycles. The molecule has 6 heteroatoms. The molecule has 0 spiro atoms. The van der Waals surface area contributed by atoms with Gasteiger partial charge in [-0.2, -0.15) is 0 Å². The summed E-state index contributed by atoms with van der Waals surface area (Å²) in [5.74, 6) is -0.716. The highest BCUT2D eigenvalue weighted by Gasteiger charge is 2.25. The Kier molecular flexibility index (Phi) is 6.92. The van der Waals surface area contributed by atoms with Crippen LogP contribution in [-0.4, -0.2) is 59.4 Å². The number of hydrogen-bond acceptors (Lipinski definition) is 5. The lowest BCUT2D eigenvalue weighted by Gasteiger charge is -2.38. The molecule has 1 saturated heterocycles. The van der Waals surface area contributed by atoms with Gasteiger partial charge in [-0.25, -0.2) is 9.78 Å². The zero-order chi connectivity index (χ0) is 22.3. The summed E-state index contributed by atoms with van der Waals surface area (Å²) in [6, 6.07) is 22.2. The number of esters is 1. The van der Waals surface area contributed by atoms with Gasteiger partial charge in [0.15, 0.2) is 6.61 Å². The van der Waals surface area contributed by atoms with Gasteiger partial charge in [0.25, 0.3) is 5.91 Å². The Morgan fingerprint density at radius 3 is 2.47 bits per heavy atom. The van der Waals surface area contributed by atoms with E-state index in [1.165, 1.54) is 11.6 Å².